The molecule has 2 aromatic heterocycles. The van der Waals surface area contributed by atoms with Crippen LogP contribution in [0.1, 0.15) is 18.4 Å². The molecule has 1 amide bonds. The van der Waals surface area contributed by atoms with Crippen LogP contribution in [0.5, 0.6) is 0 Å². The van der Waals surface area contributed by atoms with Crippen molar-refractivity contribution >= 4 is 40.2 Å². The van der Waals surface area contributed by atoms with Crippen LogP contribution in [-0.4, -0.2) is 32.4 Å². The molecular formula is C29H25ClN6O2. The quantitative estimate of drug-likeness (QED) is 0.263. The van der Waals surface area contributed by atoms with Gasteiger partial charge in [0.05, 0.1) is 0 Å². The van der Waals surface area contributed by atoms with Crippen molar-refractivity contribution in [3.8, 4) is 17.2 Å². The summed E-state index contributed by atoms with van der Waals surface area (Å²) in [6.07, 6.45) is 5.50. The lowest BCUT2D eigenvalue weighted by Crippen LogP contribution is -2.27. The smallest absolute Gasteiger partial charge is 0.264 e. The van der Waals surface area contributed by atoms with E-state index in [1.54, 1.807) is 38.5 Å². The Hall–Kier alpha value is -4.48. The van der Waals surface area contributed by atoms with Crippen LogP contribution in [0.4, 0.5) is 11.6 Å². The molecule has 4 aromatic rings. The summed E-state index contributed by atoms with van der Waals surface area (Å²) in [7, 11) is 3.35. The number of anilines is 2. The van der Waals surface area contributed by atoms with E-state index < -0.39 is 0 Å². The highest BCUT2D eigenvalue weighted by Gasteiger charge is 2.23. The number of carbonyl (C=O) groups excluding carboxylic acids is 1. The lowest BCUT2D eigenvalue weighted by atomic mass is 10.1. The summed E-state index contributed by atoms with van der Waals surface area (Å²) in [6, 6.07) is 18.5. The van der Waals surface area contributed by atoms with Gasteiger partial charge < -0.3 is 10.2 Å². The van der Waals surface area contributed by atoms with Gasteiger partial charge in [-0.1, -0.05) is 48.0 Å². The maximum absolute atomic E-state index is 13.1. The van der Waals surface area contributed by atoms with E-state index in [0.717, 1.165) is 24.1 Å². The van der Waals surface area contributed by atoms with Gasteiger partial charge in [-0.25, -0.2) is 4.98 Å². The third-order valence-corrected chi connectivity index (χ3v) is 6.77. The van der Waals surface area contributed by atoms with Gasteiger partial charge in [0.15, 0.2) is 0 Å². The predicted molar refractivity (Wildman–Crippen MR) is 148 cm³/mol. The number of nitrogens with zero attached hydrogens (tertiary/aromatic N) is 5. The molecule has 0 saturated heterocycles. The SMILES string of the molecule is CN(Cc1cccc(Nc2ncc3cc(-c4ccccc4Cl)c(=O)n(C)c3n2)c1)C(=O)/C(C#N)=C\C1CC1. The van der Waals surface area contributed by atoms with Crippen molar-refractivity contribution in [2.75, 3.05) is 12.4 Å². The number of likely N-dealkylation sites (N-methyl/N-ethyl adjacent to an activating group) is 1. The van der Waals surface area contributed by atoms with Gasteiger partial charge >= 0.3 is 0 Å². The fourth-order valence-corrected chi connectivity index (χ4v) is 4.50. The summed E-state index contributed by atoms with van der Waals surface area (Å²) in [5.41, 5.74) is 3.21. The number of aromatic nitrogens is 3. The summed E-state index contributed by atoms with van der Waals surface area (Å²) in [5.74, 6) is 0.394. The Bertz CT molecular complexity index is 1680. The Morgan fingerprint density at radius 3 is 2.74 bits per heavy atom. The lowest BCUT2D eigenvalue weighted by molar-refractivity contribution is -0.126. The second-order valence-corrected chi connectivity index (χ2v) is 9.80. The molecule has 0 atom stereocenters. The number of nitrogens with one attached hydrogen (secondary N) is 1. The number of hydrogen-bond acceptors (Lipinski definition) is 6. The van der Waals surface area contributed by atoms with Crippen LogP contribution >= 0.6 is 11.6 Å². The molecule has 2 aromatic carbocycles. The maximum atomic E-state index is 13.1. The van der Waals surface area contributed by atoms with Gasteiger partial charge in [-0.15, -0.1) is 0 Å². The first kappa shape index (κ1) is 25.2. The zero-order valence-electron chi connectivity index (χ0n) is 21.0. The highest BCUT2D eigenvalue weighted by molar-refractivity contribution is 6.33. The second kappa shape index (κ2) is 10.5. The predicted octanol–water partition coefficient (Wildman–Crippen LogP) is 5.21. The average Bonchev–Trinajstić information content (AvgIpc) is 3.74. The molecule has 1 aliphatic carbocycles. The number of pyridine rings is 1. The Labute approximate surface area is 224 Å². The Morgan fingerprint density at radius 1 is 1.21 bits per heavy atom. The van der Waals surface area contributed by atoms with Crippen LogP contribution in [-0.2, 0) is 18.4 Å². The molecule has 190 valence electrons. The average molecular weight is 525 g/mol. The maximum Gasteiger partial charge on any atom is 0.264 e. The first-order valence-corrected chi connectivity index (χ1v) is 12.6. The standard InChI is InChI=1S/C29H25ClN6O2/c1-35(27(37)20(15-31)12-18-10-11-18)17-19-6-5-7-22(13-19)33-29-32-16-21-14-24(23-8-3-4-9-25(23)30)28(38)36(2)26(21)34-29/h3-9,12-14,16,18H,10-11,17H2,1-2H3,(H,32,33,34)/b20-12-. The largest absolute Gasteiger partial charge is 0.337 e. The van der Waals surface area contributed by atoms with Gasteiger partial charge in [0.2, 0.25) is 5.95 Å². The normalized spacial score (nSPS) is 13.3. The monoisotopic (exact) mass is 524 g/mol. The van der Waals surface area contributed by atoms with Crippen LogP contribution in [0.15, 0.2) is 77.2 Å². The molecule has 1 saturated carbocycles. The lowest BCUT2D eigenvalue weighted by Gasteiger charge is -2.17. The van der Waals surface area contributed by atoms with Crippen LogP contribution < -0.4 is 10.9 Å². The minimum absolute atomic E-state index is 0.192. The van der Waals surface area contributed by atoms with Crippen LogP contribution in [0.25, 0.3) is 22.2 Å². The fourth-order valence-electron chi connectivity index (χ4n) is 4.26. The van der Waals surface area contributed by atoms with Crippen LogP contribution in [0.3, 0.4) is 0 Å². The van der Waals surface area contributed by atoms with Crippen LogP contribution in [0, 0.1) is 17.2 Å². The number of halogens is 1. The van der Waals surface area contributed by atoms with E-state index in [1.165, 1.54) is 9.47 Å². The third-order valence-electron chi connectivity index (χ3n) is 6.44. The topological polar surface area (TPSA) is 104 Å². The molecule has 8 nitrogen and oxygen atoms in total. The molecule has 0 spiro atoms. The van der Waals surface area contributed by atoms with Crippen molar-refractivity contribution in [1.29, 1.82) is 5.26 Å². The van der Waals surface area contributed by atoms with Crippen LogP contribution in [0.2, 0.25) is 5.02 Å². The number of carbonyl (C=O) groups is 1. The Morgan fingerprint density at radius 2 is 2.00 bits per heavy atom. The zero-order chi connectivity index (χ0) is 26.8. The van der Waals surface area contributed by atoms with Gasteiger partial charge in [0, 0.05) is 54.1 Å². The van der Waals surface area contributed by atoms with E-state index in [4.69, 9.17) is 11.6 Å². The van der Waals surface area contributed by atoms with Crippen molar-refractivity contribution in [1.82, 2.24) is 19.4 Å². The number of rotatable bonds is 7. The molecule has 1 fully saturated rings. The number of nitriles is 1. The molecule has 0 radical (unpaired) electrons. The van der Waals surface area contributed by atoms with Crippen molar-refractivity contribution in [3.05, 3.63) is 93.4 Å². The summed E-state index contributed by atoms with van der Waals surface area (Å²) in [5, 5.41) is 13.8. The van der Waals surface area contributed by atoms with Gasteiger partial charge in [0.25, 0.3) is 11.5 Å². The van der Waals surface area contributed by atoms with Crippen molar-refractivity contribution in [3.63, 3.8) is 0 Å². The van der Waals surface area contributed by atoms with E-state index in [9.17, 15) is 14.9 Å². The minimum Gasteiger partial charge on any atom is -0.337 e. The number of hydrogen-bond donors (Lipinski definition) is 1. The first-order chi connectivity index (χ1) is 18.3. The Kier molecular flexibility index (Phi) is 6.95. The van der Waals surface area contributed by atoms with Crippen molar-refractivity contribution in [2.24, 2.45) is 13.0 Å². The van der Waals surface area contributed by atoms with E-state index in [-0.39, 0.29) is 17.0 Å². The minimum atomic E-state index is -0.285. The highest BCUT2D eigenvalue weighted by atomic mass is 35.5. The molecule has 0 bridgehead atoms. The molecule has 5 rings (SSSR count). The molecule has 2 heterocycles. The molecule has 1 aliphatic rings. The molecular weight excluding hydrogens is 500 g/mol. The third kappa shape index (κ3) is 5.29. The summed E-state index contributed by atoms with van der Waals surface area (Å²) in [4.78, 5) is 36.4. The fraction of sp³-hybridized carbons (Fsp3) is 0.207. The number of aryl methyl sites for hydroxylation is 1. The van der Waals surface area contributed by atoms with E-state index in [2.05, 4.69) is 15.3 Å². The Balaban J connectivity index is 1.37. The van der Waals surface area contributed by atoms with Crippen molar-refractivity contribution < 1.29 is 4.79 Å². The summed E-state index contributed by atoms with van der Waals surface area (Å²) < 4.78 is 1.49. The molecule has 9 heteroatoms. The zero-order valence-corrected chi connectivity index (χ0v) is 21.7. The molecule has 38 heavy (non-hydrogen) atoms. The van der Waals surface area contributed by atoms with E-state index in [0.29, 0.717) is 45.6 Å². The van der Waals surface area contributed by atoms with Gasteiger partial charge in [0.1, 0.15) is 17.3 Å². The first-order valence-electron chi connectivity index (χ1n) is 12.2. The summed E-state index contributed by atoms with van der Waals surface area (Å²) in [6.45, 7) is 0.343. The number of allylic oxidation sites excluding steroid dienone is 1. The number of amides is 1. The van der Waals surface area contributed by atoms with Gasteiger partial charge in [-0.05, 0) is 48.6 Å². The summed E-state index contributed by atoms with van der Waals surface area (Å²) >= 11 is 6.33. The molecule has 0 aliphatic heterocycles. The molecule has 0 unspecified atom stereocenters. The number of fused-ring (bicyclic) bond motifs is 1. The van der Waals surface area contributed by atoms with E-state index >= 15 is 0 Å². The highest BCUT2D eigenvalue weighted by Crippen LogP contribution is 2.31. The van der Waals surface area contributed by atoms with E-state index in [1.807, 2.05) is 48.5 Å². The van der Waals surface area contributed by atoms with Gasteiger partial charge in [-0.3, -0.25) is 14.2 Å². The van der Waals surface area contributed by atoms with Crippen molar-refractivity contribution in [2.45, 2.75) is 19.4 Å². The number of benzene rings is 2. The van der Waals surface area contributed by atoms with Gasteiger partial charge in [-0.2, -0.15) is 10.2 Å². The second-order valence-electron chi connectivity index (χ2n) is 9.39. The molecule has 1 N–H and O–H groups in total.